The molecule has 0 fully saturated rings. The number of aromatic hydroxyl groups is 1. The lowest BCUT2D eigenvalue weighted by atomic mass is 10.0. The standard InChI is InChI=1S/C24H21NO7S/c26-18-10-8-15(9-11-18)12-22(23(27)33(29,30)31)25-24(28)32-14-17-5-3-7-20-19-6-2-1-4-16(19)13-21(17)20/h1-11,22,26H,12-14H2,(H,25,28)(H,29,30,31)/t22-/m0/s1. The summed E-state index contributed by atoms with van der Waals surface area (Å²) in [7, 11) is -5.04. The molecule has 8 nitrogen and oxygen atoms in total. The summed E-state index contributed by atoms with van der Waals surface area (Å²) in [6.45, 7) is -0.0744. The van der Waals surface area contributed by atoms with E-state index in [1.807, 2.05) is 42.5 Å². The van der Waals surface area contributed by atoms with Crippen molar-refractivity contribution in [1.82, 2.24) is 5.32 Å². The molecule has 1 amide bonds. The van der Waals surface area contributed by atoms with E-state index in [1.54, 1.807) is 0 Å². The highest BCUT2D eigenvalue weighted by atomic mass is 32.2. The summed E-state index contributed by atoms with van der Waals surface area (Å²) in [5, 5.41) is 10.1. The van der Waals surface area contributed by atoms with Crippen LogP contribution in [0.4, 0.5) is 4.79 Å². The number of ether oxygens (including phenoxy) is 1. The summed E-state index contributed by atoms with van der Waals surface area (Å²) < 4.78 is 37.2. The second-order valence-electron chi connectivity index (χ2n) is 7.71. The van der Waals surface area contributed by atoms with Gasteiger partial charge in [0.2, 0.25) is 0 Å². The number of fused-ring (bicyclic) bond motifs is 3. The van der Waals surface area contributed by atoms with E-state index in [0.717, 1.165) is 22.3 Å². The molecular weight excluding hydrogens is 446 g/mol. The number of benzene rings is 3. The van der Waals surface area contributed by atoms with Crippen molar-refractivity contribution in [2.75, 3.05) is 0 Å². The zero-order valence-electron chi connectivity index (χ0n) is 17.4. The highest BCUT2D eigenvalue weighted by molar-refractivity contribution is 8.01. The molecule has 1 aliphatic rings. The minimum Gasteiger partial charge on any atom is -0.508 e. The Kier molecular flexibility index (Phi) is 6.17. The summed E-state index contributed by atoms with van der Waals surface area (Å²) in [5.41, 5.74) is 5.69. The molecule has 3 N–H and O–H groups in total. The van der Waals surface area contributed by atoms with Gasteiger partial charge in [-0.15, -0.1) is 0 Å². The number of rotatable bonds is 6. The normalized spacial score (nSPS) is 13.0. The van der Waals surface area contributed by atoms with E-state index in [1.165, 1.54) is 29.8 Å². The average molecular weight is 467 g/mol. The number of nitrogens with one attached hydrogen (secondary N) is 1. The van der Waals surface area contributed by atoms with Crippen LogP contribution in [0.1, 0.15) is 22.3 Å². The number of carbonyl (C=O) groups is 2. The van der Waals surface area contributed by atoms with Crippen molar-refractivity contribution in [3.63, 3.8) is 0 Å². The van der Waals surface area contributed by atoms with Crippen LogP contribution < -0.4 is 5.32 Å². The molecule has 170 valence electrons. The van der Waals surface area contributed by atoms with Crippen LogP contribution in [0.2, 0.25) is 0 Å². The van der Waals surface area contributed by atoms with Gasteiger partial charge < -0.3 is 15.2 Å². The Balaban J connectivity index is 1.46. The predicted molar refractivity (Wildman–Crippen MR) is 120 cm³/mol. The number of hydrogen-bond donors (Lipinski definition) is 3. The van der Waals surface area contributed by atoms with Crippen LogP contribution in [0.25, 0.3) is 11.1 Å². The fourth-order valence-corrected chi connectivity index (χ4v) is 4.43. The van der Waals surface area contributed by atoms with Gasteiger partial charge in [-0.05, 0) is 51.9 Å². The molecule has 0 aliphatic heterocycles. The molecule has 0 saturated heterocycles. The minimum atomic E-state index is -5.04. The van der Waals surface area contributed by atoms with Crippen molar-refractivity contribution >= 4 is 21.3 Å². The number of phenols is 1. The fraction of sp³-hybridized carbons (Fsp3) is 0.167. The highest BCUT2D eigenvalue weighted by Crippen LogP contribution is 2.38. The van der Waals surface area contributed by atoms with E-state index in [-0.39, 0.29) is 18.8 Å². The van der Waals surface area contributed by atoms with Crippen molar-refractivity contribution in [2.24, 2.45) is 0 Å². The first kappa shape index (κ1) is 22.5. The number of carbonyl (C=O) groups excluding carboxylic acids is 2. The number of phenolic OH excluding ortho intramolecular Hbond substituents is 1. The molecule has 0 bridgehead atoms. The zero-order chi connectivity index (χ0) is 23.6. The van der Waals surface area contributed by atoms with E-state index in [2.05, 4.69) is 5.32 Å². The molecule has 4 rings (SSSR count). The Bertz CT molecular complexity index is 1320. The molecule has 3 aromatic rings. The van der Waals surface area contributed by atoms with Crippen LogP contribution >= 0.6 is 0 Å². The first-order valence-electron chi connectivity index (χ1n) is 10.1. The Hall–Kier alpha value is -3.69. The number of amides is 1. The molecule has 1 atom stereocenters. The van der Waals surface area contributed by atoms with Gasteiger partial charge in [0.05, 0.1) is 0 Å². The third-order valence-electron chi connectivity index (χ3n) is 5.51. The lowest BCUT2D eigenvalue weighted by Crippen LogP contribution is -2.45. The van der Waals surface area contributed by atoms with Gasteiger partial charge in [0.1, 0.15) is 18.4 Å². The molecule has 0 saturated carbocycles. The molecule has 3 aromatic carbocycles. The summed E-state index contributed by atoms with van der Waals surface area (Å²) in [6, 6.07) is 17.8. The Morgan fingerprint density at radius 2 is 1.67 bits per heavy atom. The van der Waals surface area contributed by atoms with Crippen molar-refractivity contribution in [3.05, 3.63) is 89.0 Å². The van der Waals surface area contributed by atoms with Crippen LogP contribution in [-0.2, 0) is 39.1 Å². The molecule has 33 heavy (non-hydrogen) atoms. The molecule has 9 heteroatoms. The minimum absolute atomic E-state index is 0.0127. The van der Waals surface area contributed by atoms with Crippen LogP contribution in [0.5, 0.6) is 5.75 Å². The van der Waals surface area contributed by atoms with Gasteiger partial charge in [-0.1, -0.05) is 54.6 Å². The van der Waals surface area contributed by atoms with E-state index in [4.69, 9.17) is 4.74 Å². The first-order valence-corrected chi connectivity index (χ1v) is 11.6. The van der Waals surface area contributed by atoms with Crippen molar-refractivity contribution in [1.29, 1.82) is 0 Å². The van der Waals surface area contributed by atoms with E-state index in [0.29, 0.717) is 12.0 Å². The third kappa shape index (κ3) is 5.05. The largest absolute Gasteiger partial charge is 0.508 e. The second kappa shape index (κ2) is 9.05. The van der Waals surface area contributed by atoms with E-state index < -0.39 is 27.4 Å². The molecule has 0 radical (unpaired) electrons. The van der Waals surface area contributed by atoms with Gasteiger partial charge in [-0.2, -0.15) is 8.42 Å². The SMILES string of the molecule is O=C(N[C@@H](Cc1ccc(O)cc1)C(=O)S(=O)(=O)O)OCc1cccc2c1Cc1ccccc1-2. The monoisotopic (exact) mass is 467 g/mol. The lowest BCUT2D eigenvalue weighted by Gasteiger charge is -2.17. The quantitative estimate of drug-likeness (QED) is 0.371. The first-order chi connectivity index (χ1) is 15.7. The maximum absolute atomic E-state index is 12.4. The van der Waals surface area contributed by atoms with Crippen LogP contribution in [0.15, 0.2) is 66.7 Å². The van der Waals surface area contributed by atoms with E-state index in [9.17, 15) is 27.7 Å². The van der Waals surface area contributed by atoms with Crippen molar-refractivity contribution in [3.8, 4) is 16.9 Å². The molecule has 1 aliphatic carbocycles. The molecule has 0 aromatic heterocycles. The summed E-state index contributed by atoms with van der Waals surface area (Å²) in [6.07, 6.45) is -0.509. The number of alkyl carbamates (subject to hydrolysis) is 1. The van der Waals surface area contributed by atoms with Gasteiger partial charge >= 0.3 is 16.2 Å². The van der Waals surface area contributed by atoms with Gasteiger partial charge in [0, 0.05) is 6.42 Å². The Labute approximate surface area is 190 Å². The zero-order valence-corrected chi connectivity index (χ0v) is 18.2. The predicted octanol–water partition coefficient (Wildman–Crippen LogP) is 3.22. The fourth-order valence-electron chi connectivity index (χ4n) is 3.93. The summed E-state index contributed by atoms with van der Waals surface area (Å²) in [4.78, 5) is 24.6. The Morgan fingerprint density at radius 3 is 2.39 bits per heavy atom. The van der Waals surface area contributed by atoms with E-state index >= 15 is 0 Å². The highest BCUT2D eigenvalue weighted by Gasteiger charge is 2.31. The molecule has 0 unspecified atom stereocenters. The maximum atomic E-state index is 12.4. The second-order valence-corrected chi connectivity index (χ2v) is 9.07. The van der Waals surface area contributed by atoms with Crippen molar-refractivity contribution < 1.29 is 32.4 Å². The number of hydrogen-bond acceptors (Lipinski definition) is 6. The van der Waals surface area contributed by atoms with Crippen molar-refractivity contribution in [2.45, 2.75) is 25.5 Å². The van der Waals surface area contributed by atoms with Gasteiger partial charge in [0.25, 0.3) is 5.12 Å². The average Bonchev–Trinajstić information content (AvgIpc) is 3.17. The van der Waals surface area contributed by atoms with Crippen LogP contribution in [-0.4, -0.2) is 35.3 Å². The van der Waals surface area contributed by atoms with Crippen LogP contribution in [0, 0.1) is 0 Å². The van der Waals surface area contributed by atoms with Gasteiger partial charge in [0.15, 0.2) is 0 Å². The smallest absolute Gasteiger partial charge is 0.408 e. The summed E-state index contributed by atoms with van der Waals surface area (Å²) in [5.74, 6) is -0.0127. The topological polar surface area (TPSA) is 130 Å². The molecular formula is C24H21NO7S. The van der Waals surface area contributed by atoms with Gasteiger partial charge in [-0.25, -0.2) is 4.79 Å². The summed E-state index contributed by atoms with van der Waals surface area (Å²) >= 11 is 0. The van der Waals surface area contributed by atoms with Gasteiger partial charge in [-0.3, -0.25) is 9.35 Å². The third-order valence-corrected chi connectivity index (χ3v) is 6.31. The van der Waals surface area contributed by atoms with Crippen LogP contribution in [0.3, 0.4) is 0 Å². The lowest BCUT2D eigenvalue weighted by molar-refractivity contribution is -0.114. The maximum Gasteiger partial charge on any atom is 0.408 e. The molecule has 0 spiro atoms. The Morgan fingerprint density at radius 1 is 0.970 bits per heavy atom. The molecule has 0 heterocycles.